The highest BCUT2D eigenvalue weighted by atomic mass is 35.5. The lowest BCUT2D eigenvalue weighted by Gasteiger charge is -2.37. The number of nitrogens with two attached hydrogens (primary N) is 1. The van der Waals surface area contributed by atoms with Gasteiger partial charge in [-0.2, -0.15) is 0 Å². The Kier molecular flexibility index (Phi) is 5.46. The first-order chi connectivity index (χ1) is 12.4. The number of primary amides is 1. The van der Waals surface area contributed by atoms with Gasteiger partial charge < -0.3 is 19.9 Å². The van der Waals surface area contributed by atoms with Gasteiger partial charge in [0.05, 0.1) is 5.69 Å². The van der Waals surface area contributed by atoms with Crippen LogP contribution in [-0.2, 0) is 4.79 Å². The molecule has 0 bridgehead atoms. The second kappa shape index (κ2) is 7.78. The Morgan fingerprint density at radius 2 is 2.23 bits per heavy atom. The summed E-state index contributed by atoms with van der Waals surface area (Å²) < 4.78 is 11.1. The van der Waals surface area contributed by atoms with Crippen LogP contribution >= 0.6 is 11.6 Å². The molecule has 0 aliphatic carbocycles. The number of nitrogens with zero attached hydrogens (tertiary/aromatic N) is 2. The van der Waals surface area contributed by atoms with Gasteiger partial charge in [-0.05, 0) is 25.1 Å². The van der Waals surface area contributed by atoms with Crippen molar-refractivity contribution in [3.05, 3.63) is 46.8 Å². The van der Waals surface area contributed by atoms with Crippen molar-refractivity contribution in [2.75, 3.05) is 13.1 Å². The molecule has 0 radical (unpaired) electrons. The number of piperidine rings is 1. The Balaban J connectivity index is 1.72. The van der Waals surface area contributed by atoms with Gasteiger partial charge in [0, 0.05) is 42.9 Å². The summed E-state index contributed by atoms with van der Waals surface area (Å²) >= 11 is 5.99. The van der Waals surface area contributed by atoms with Crippen LogP contribution in [-0.4, -0.2) is 41.1 Å². The molecule has 2 amide bonds. The molecule has 0 saturated carbocycles. The van der Waals surface area contributed by atoms with Gasteiger partial charge in [-0.1, -0.05) is 22.8 Å². The fourth-order valence-electron chi connectivity index (χ4n) is 3.14. The Morgan fingerprint density at radius 3 is 2.88 bits per heavy atom. The van der Waals surface area contributed by atoms with E-state index in [-0.39, 0.29) is 30.1 Å². The molecule has 0 unspecified atom stereocenters. The Bertz CT molecular complexity index is 807. The van der Waals surface area contributed by atoms with Crippen molar-refractivity contribution >= 4 is 23.4 Å². The molecule has 1 saturated heterocycles. The van der Waals surface area contributed by atoms with Gasteiger partial charge in [0.1, 0.15) is 11.9 Å². The predicted octanol–water partition coefficient (Wildman–Crippen LogP) is 2.42. The molecule has 1 aromatic heterocycles. The van der Waals surface area contributed by atoms with Gasteiger partial charge in [-0.15, -0.1) is 0 Å². The smallest absolute Gasteiger partial charge is 0.292 e. The number of carbonyl (C=O) groups excluding carboxylic acids is 2. The van der Waals surface area contributed by atoms with E-state index in [1.807, 2.05) is 6.07 Å². The molecule has 2 aromatic rings. The lowest BCUT2D eigenvalue weighted by atomic mass is 9.91. The highest BCUT2D eigenvalue weighted by Gasteiger charge is 2.35. The number of carbonyl (C=O) groups is 2. The minimum atomic E-state index is -0.431. The minimum Gasteiger partial charge on any atom is -0.490 e. The fourth-order valence-corrected chi connectivity index (χ4v) is 3.32. The molecule has 8 heteroatoms. The van der Waals surface area contributed by atoms with Crippen molar-refractivity contribution in [1.29, 1.82) is 0 Å². The molecule has 2 N–H and O–H groups in total. The number of likely N-dealkylation sites (tertiary alicyclic amines) is 1. The first-order valence-electron chi connectivity index (χ1n) is 8.35. The molecular weight excluding hydrogens is 358 g/mol. The normalized spacial score (nSPS) is 20.0. The van der Waals surface area contributed by atoms with Gasteiger partial charge in [0.25, 0.3) is 5.91 Å². The monoisotopic (exact) mass is 377 g/mol. The predicted molar refractivity (Wildman–Crippen MR) is 94.9 cm³/mol. The van der Waals surface area contributed by atoms with Crippen LogP contribution in [0, 0.1) is 12.8 Å². The van der Waals surface area contributed by atoms with E-state index in [1.165, 1.54) is 0 Å². The van der Waals surface area contributed by atoms with Crippen molar-refractivity contribution in [3.63, 3.8) is 0 Å². The molecule has 1 aliphatic heterocycles. The van der Waals surface area contributed by atoms with E-state index in [9.17, 15) is 9.59 Å². The summed E-state index contributed by atoms with van der Waals surface area (Å²) in [6.07, 6.45) is 0.467. The number of aromatic nitrogens is 1. The molecule has 1 aromatic carbocycles. The average molecular weight is 378 g/mol. The molecule has 138 valence electrons. The number of rotatable bonds is 5. The van der Waals surface area contributed by atoms with Crippen LogP contribution in [0.25, 0.3) is 0 Å². The van der Waals surface area contributed by atoms with Crippen molar-refractivity contribution in [2.24, 2.45) is 11.7 Å². The highest BCUT2D eigenvalue weighted by molar-refractivity contribution is 6.30. The number of benzene rings is 1. The zero-order valence-electron chi connectivity index (χ0n) is 14.4. The maximum Gasteiger partial charge on any atom is 0.292 e. The van der Waals surface area contributed by atoms with Gasteiger partial charge in [0.15, 0.2) is 0 Å². The summed E-state index contributed by atoms with van der Waals surface area (Å²) in [5.74, 6) is -0.0777. The second-order valence-electron chi connectivity index (χ2n) is 6.42. The quantitative estimate of drug-likeness (QED) is 0.862. The van der Waals surface area contributed by atoms with Crippen molar-refractivity contribution in [1.82, 2.24) is 10.1 Å². The molecule has 7 nitrogen and oxygen atoms in total. The third-order valence-corrected chi connectivity index (χ3v) is 4.57. The maximum absolute atomic E-state index is 12.6. The zero-order chi connectivity index (χ0) is 18.7. The molecule has 1 fully saturated rings. The average Bonchev–Trinajstić information content (AvgIpc) is 3.02. The molecule has 2 atom stereocenters. The van der Waals surface area contributed by atoms with Gasteiger partial charge in [-0.3, -0.25) is 9.59 Å². The first-order valence-corrected chi connectivity index (χ1v) is 8.73. The molecule has 26 heavy (non-hydrogen) atoms. The lowest BCUT2D eigenvalue weighted by molar-refractivity contribution is -0.120. The third kappa shape index (κ3) is 4.35. The number of halogens is 1. The first kappa shape index (κ1) is 18.3. The second-order valence-corrected chi connectivity index (χ2v) is 6.85. The van der Waals surface area contributed by atoms with Crippen LogP contribution in [0.3, 0.4) is 0 Å². The molecule has 0 spiro atoms. The molecule has 1 aliphatic rings. The standard InChI is InChI=1S/C18H20ClN3O4/c1-11-7-16(26-21-11)18(24)22-6-5-15(12(10-22)8-17(20)23)25-14-4-2-3-13(19)9-14/h2-4,7,9,12,15H,5-6,8,10H2,1H3,(H2,20,23)/t12-,15-/m0/s1. The van der Waals surface area contributed by atoms with E-state index in [0.29, 0.717) is 36.0 Å². The minimum absolute atomic E-state index is 0.129. The van der Waals surface area contributed by atoms with E-state index < -0.39 is 5.91 Å². The highest BCUT2D eigenvalue weighted by Crippen LogP contribution is 2.27. The number of hydrogen-bond acceptors (Lipinski definition) is 5. The van der Waals surface area contributed by atoms with Crippen molar-refractivity contribution in [2.45, 2.75) is 25.9 Å². The molecule has 2 heterocycles. The van der Waals surface area contributed by atoms with Crippen LogP contribution in [0.2, 0.25) is 5.02 Å². The molecule has 3 rings (SSSR count). The Hall–Kier alpha value is -2.54. The summed E-state index contributed by atoms with van der Waals surface area (Å²) in [5.41, 5.74) is 6.03. The summed E-state index contributed by atoms with van der Waals surface area (Å²) in [6, 6.07) is 8.68. The zero-order valence-corrected chi connectivity index (χ0v) is 15.1. The fraction of sp³-hybridized carbons (Fsp3) is 0.389. The SMILES string of the molecule is Cc1cc(C(=O)N2CC[C@H](Oc3cccc(Cl)c3)[C@@H](CC(N)=O)C2)on1. The Morgan fingerprint density at radius 1 is 1.42 bits per heavy atom. The van der Waals surface area contributed by atoms with Gasteiger partial charge in [0.2, 0.25) is 11.7 Å². The summed E-state index contributed by atoms with van der Waals surface area (Å²) in [7, 11) is 0. The third-order valence-electron chi connectivity index (χ3n) is 4.34. The maximum atomic E-state index is 12.6. The summed E-state index contributed by atoms with van der Waals surface area (Å²) in [4.78, 5) is 25.7. The van der Waals surface area contributed by atoms with E-state index in [4.69, 9.17) is 26.6 Å². The van der Waals surface area contributed by atoms with E-state index in [1.54, 1.807) is 36.1 Å². The van der Waals surface area contributed by atoms with Gasteiger partial charge in [-0.25, -0.2) is 0 Å². The number of amides is 2. The van der Waals surface area contributed by atoms with E-state index >= 15 is 0 Å². The van der Waals surface area contributed by atoms with Gasteiger partial charge >= 0.3 is 0 Å². The molecular formula is C18H20ClN3O4. The van der Waals surface area contributed by atoms with Crippen LogP contribution in [0.4, 0.5) is 0 Å². The van der Waals surface area contributed by atoms with Crippen LogP contribution in [0.15, 0.2) is 34.9 Å². The van der Waals surface area contributed by atoms with Crippen LogP contribution in [0.5, 0.6) is 5.75 Å². The van der Waals surface area contributed by atoms with Crippen LogP contribution < -0.4 is 10.5 Å². The lowest BCUT2D eigenvalue weighted by Crippen LogP contribution is -2.49. The summed E-state index contributed by atoms with van der Waals surface area (Å²) in [6.45, 7) is 2.59. The van der Waals surface area contributed by atoms with E-state index in [0.717, 1.165) is 0 Å². The number of ether oxygens (including phenoxy) is 1. The topological polar surface area (TPSA) is 98.7 Å². The number of aryl methyl sites for hydroxylation is 1. The largest absolute Gasteiger partial charge is 0.490 e. The number of hydrogen-bond donors (Lipinski definition) is 1. The van der Waals surface area contributed by atoms with Crippen LogP contribution in [0.1, 0.15) is 29.1 Å². The van der Waals surface area contributed by atoms with Crippen molar-refractivity contribution < 1.29 is 18.8 Å². The summed E-state index contributed by atoms with van der Waals surface area (Å²) in [5, 5.41) is 4.32. The van der Waals surface area contributed by atoms with Crippen molar-refractivity contribution in [3.8, 4) is 5.75 Å². The Labute approximate surface area is 156 Å². The van der Waals surface area contributed by atoms with E-state index in [2.05, 4.69) is 5.16 Å².